The van der Waals surface area contributed by atoms with E-state index in [-0.39, 0.29) is 17.1 Å². The van der Waals surface area contributed by atoms with E-state index in [4.69, 9.17) is 33.5 Å². The molecule has 42 heavy (non-hydrogen) atoms. The molecule has 1 aliphatic rings. The monoisotopic (exact) mass is 627 g/mol. The summed E-state index contributed by atoms with van der Waals surface area (Å²) in [4.78, 5) is 35.3. The minimum atomic E-state index is -4.99. The molecule has 20 heteroatoms. The summed E-state index contributed by atoms with van der Waals surface area (Å²) >= 11 is 0. The van der Waals surface area contributed by atoms with Crippen molar-refractivity contribution in [2.45, 2.75) is 77.6 Å². The second kappa shape index (κ2) is 13.0. The highest BCUT2D eigenvalue weighted by molar-refractivity contribution is 7.48. The number of rotatable bonds is 12. The van der Waals surface area contributed by atoms with Crippen molar-refractivity contribution in [3.63, 3.8) is 0 Å². The zero-order valence-electron chi connectivity index (χ0n) is 23.5. The van der Waals surface area contributed by atoms with Gasteiger partial charge in [0.15, 0.2) is 18.0 Å². The Kier molecular flexibility index (Phi) is 10.3. The summed E-state index contributed by atoms with van der Waals surface area (Å²) in [5.41, 5.74) is 3.72. The van der Waals surface area contributed by atoms with Crippen LogP contribution in [0.2, 0.25) is 0 Å². The highest BCUT2D eigenvalue weighted by Gasteiger charge is 2.65. The summed E-state index contributed by atoms with van der Waals surface area (Å²) < 4.78 is 84.0. The maximum Gasteiger partial charge on any atom is 0.510 e. The van der Waals surface area contributed by atoms with Crippen LogP contribution in [-0.4, -0.2) is 87.0 Å². The van der Waals surface area contributed by atoms with Crippen molar-refractivity contribution >= 4 is 37.2 Å². The van der Waals surface area contributed by atoms with Crippen molar-refractivity contribution in [3.8, 4) is 0 Å². The van der Waals surface area contributed by atoms with Crippen LogP contribution in [0.15, 0.2) is 6.33 Å². The number of hydrogen-bond acceptors (Lipinski definition) is 16. The predicted octanol–water partition coefficient (Wildman–Crippen LogP) is 3.20. The second-order valence-corrected chi connectivity index (χ2v) is 11.3. The fourth-order valence-electron chi connectivity index (χ4n) is 3.63. The molecule has 0 aromatic carbocycles. The van der Waals surface area contributed by atoms with Crippen molar-refractivity contribution in [3.05, 3.63) is 12.0 Å². The molecule has 0 amide bonds. The lowest BCUT2D eigenvalue weighted by Crippen LogP contribution is -2.46. The van der Waals surface area contributed by atoms with Crippen LogP contribution in [-0.2, 0) is 41.8 Å². The Morgan fingerprint density at radius 1 is 1.12 bits per heavy atom. The average molecular weight is 627 g/mol. The molecule has 17 nitrogen and oxygen atoms in total. The quantitative estimate of drug-likeness (QED) is 0.196. The topological polar surface area (TPSA) is 215 Å². The Hall–Kier alpha value is -3.22. The first-order chi connectivity index (χ1) is 19.5. The first-order valence-electron chi connectivity index (χ1n) is 12.4. The van der Waals surface area contributed by atoms with E-state index < -0.39 is 76.4 Å². The SMILES string of the molecule is Cc1nc(N)nc2c1ncn2[C@@H]1O[C@](F)(COP(=O)(OCOC(=O)OC(C)C)OCOC(=O)OC(C)C)[C@@H](F)[C@@]1(C)O. The number of carbonyl (C=O) groups is 2. The summed E-state index contributed by atoms with van der Waals surface area (Å²) in [5.74, 6) is -3.63. The lowest BCUT2D eigenvalue weighted by atomic mass is 9.97. The molecule has 1 saturated heterocycles. The first-order valence-corrected chi connectivity index (χ1v) is 13.8. The van der Waals surface area contributed by atoms with Gasteiger partial charge in [-0.05, 0) is 41.5 Å². The number of alkyl halides is 2. The number of fused-ring (bicyclic) bond motifs is 1. The van der Waals surface area contributed by atoms with E-state index in [2.05, 4.69) is 24.4 Å². The van der Waals surface area contributed by atoms with Gasteiger partial charge < -0.3 is 34.5 Å². The molecule has 236 valence electrons. The number of carbonyl (C=O) groups excluding carboxylic acids is 2. The van der Waals surface area contributed by atoms with Crippen molar-refractivity contribution in [1.29, 1.82) is 0 Å². The number of hydrogen-bond donors (Lipinski definition) is 2. The van der Waals surface area contributed by atoms with E-state index in [0.717, 1.165) is 17.8 Å². The molecule has 3 N–H and O–H groups in total. The van der Waals surface area contributed by atoms with Gasteiger partial charge in [0.25, 0.3) is 5.85 Å². The molecule has 1 fully saturated rings. The van der Waals surface area contributed by atoms with Crippen LogP contribution >= 0.6 is 7.82 Å². The minimum absolute atomic E-state index is 0.0100. The molecular weight excluding hydrogens is 595 g/mol. The molecule has 0 saturated carbocycles. The third kappa shape index (κ3) is 7.78. The average Bonchev–Trinajstić information content (AvgIpc) is 3.35. The van der Waals surface area contributed by atoms with Crippen LogP contribution in [0.1, 0.15) is 46.5 Å². The van der Waals surface area contributed by atoms with Crippen molar-refractivity contribution in [2.75, 3.05) is 25.9 Å². The zero-order chi connectivity index (χ0) is 31.5. The number of nitrogen functional groups attached to an aromatic ring is 1. The Morgan fingerprint density at radius 3 is 2.19 bits per heavy atom. The molecule has 2 aromatic rings. The summed E-state index contributed by atoms with van der Waals surface area (Å²) in [6.45, 7) is 4.95. The third-order valence-corrected chi connectivity index (χ3v) is 6.71. The molecule has 0 bridgehead atoms. The van der Waals surface area contributed by atoms with Gasteiger partial charge in [0.05, 0.1) is 24.2 Å². The number of nitrogens with zero attached hydrogens (tertiary/aromatic N) is 4. The van der Waals surface area contributed by atoms with E-state index in [0.29, 0.717) is 5.69 Å². The second-order valence-electron chi connectivity index (χ2n) is 9.67. The molecular formula is C22H32F2N5O12P. The number of aryl methyl sites for hydroxylation is 1. The number of phosphoric ester groups is 1. The number of imidazole rings is 1. The maximum atomic E-state index is 15.9. The van der Waals surface area contributed by atoms with Crippen LogP contribution in [0.3, 0.4) is 0 Å². The number of nitrogens with two attached hydrogens (primary N) is 1. The third-order valence-electron chi connectivity index (χ3n) is 5.42. The summed E-state index contributed by atoms with van der Waals surface area (Å²) in [6, 6.07) is 0. The van der Waals surface area contributed by atoms with Crippen LogP contribution < -0.4 is 5.73 Å². The number of aromatic nitrogens is 4. The fraction of sp³-hybridized carbons (Fsp3) is 0.682. The lowest BCUT2D eigenvalue weighted by molar-refractivity contribution is -0.195. The molecule has 2 aromatic heterocycles. The lowest BCUT2D eigenvalue weighted by Gasteiger charge is -2.26. The number of anilines is 1. The van der Waals surface area contributed by atoms with Gasteiger partial charge in [-0.1, -0.05) is 0 Å². The van der Waals surface area contributed by atoms with E-state index in [1.807, 2.05) is 0 Å². The van der Waals surface area contributed by atoms with E-state index in [1.165, 1.54) is 27.7 Å². The van der Waals surface area contributed by atoms with Crippen LogP contribution in [0, 0.1) is 6.92 Å². The summed E-state index contributed by atoms with van der Waals surface area (Å²) in [6.07, 6.45) is -7.04. The summed E-state index contributed by atoms with van der Waals surface area (Å²) in [7, 11) is -4.99. The van der Waals surface area contributed by atoms with E-state index in [1.54, 1.807) is 6.92 Å². The molecule has 3 heterocycles. The van der Waals surface area contributed by atoms with Gasteiger partial charge in [-0.25, -0.2) is 42.0 Å². The van der Waals surface area contributed by atoms with Gasteiger partial charge in [-0.2, -0.15) is 4.98 Å². The van der Waals surface area contributed by atoms with Gasteiger partial charge in [0.2, 0.25) is 19.5 Å². The summed E-state index contributed by atoms with van der Waals surface area (Å²) in [5, 5.41) is 10.9. The van der Waals surface area contributed by atoms with Gasteiger partial charge in [-0.15, -0.1) is 0 Å². The van der Waals surface area contributed by atoms with E-state index in [9.17, 15) is 19.3 Å². The normalized spacial score (nSPS) is 24.4. The molecule has 4 atom stereocenters. The molecule has 0 spiro atoms. The number of aliphatic hydroxyl groups is 1. The highest BCUT2D eigenvalue weighted by atomic mass is 31.2. The smallest absolute Gasteiger partial charge is 0.432 e. The van der Waals surface area contributed by atoms with Gasteiger partial charge in [0.1, 0.15) is 17.7 Å². The number of halogens is 2. The number of ether oxygens (including phenoxy) is 5. The van der Waals surface area contributed by atoms with Crippen molar-refractivity contribution in [1.82, 2.24) is 19.5 Å². The zero-order valence-corrected chi connectivity index (χ0v) is 24.4. The molecule has 0 unspecified atom stereocenters. The predicted molar refractivity (Wildman–Crippen MR) is 135 cm³/mol. The van der Waals surface area contributed by atoms with Gasteiger partial charge in [-0.3, -0.25) is 9.09 Å². The van der Waals surface area contributed by atoms with Gasteiger partial charge >= 0.3 is 20.1 Å². The highest BCUT2D eigenvalue weighted by Crippen LogP contribution is 2.54. The Bertz CT molecular complexity index is 1300. The van der Waals surface area contributed by atoms with Crippen LogP contribution in [0.5, 0.6) is 0 Å². The molecule has 0 aliphatic carbocycles. The molecule has 1 aliphatic heterocycles. The van der Waals surface area contributed by atoms with Gasteiger partial charge in [0, 0.05) is 0 Å². The minimum Gasteiger partial charge on any atom is -0.432 e. The van der Waals surface area contributed by atoms with Crippen molar-refractivity contribution in [2.24, 2.45) is 0 Å². The maximum absolute atomic E-state index is 15.9. The Balaban J connectivity index is 1.77. The van der Waals surface area contributed by atoms with E-state index >= 15 is 8.78 Å². The molecule has 3 rings (SSSR count). The van der Waals surface area contributed by atoms with Crippen LogP contribution in [0.4, 0.5) is 24.3 Å². The molecule has 0 radical (unpaired) electrons. The standard InChI is InChI=1S/C22H32F2N5O12P/c1-11(2)39-19(30)34-9-37-42(33,38-10-35-20(31)40-12(3)4)36-7-22(24)16(23)21(6,32)17(41-22)29-8-26-14-13(5)27-18(25)28-15(14)29/h8,11-12,16-17,32H,7,9-10H2,1-6H3,(H2,25,27,28)/t16-,17+,21+,22+/m0/s1. The van der Waals surface area contributed by atoms with Crippen LogP contribution in [0.25, 0.3) is 11.2 Å². The number of phosphoric acid groups is 1. The largest absolute Gasteiger partial charge is 0.510 e. The Labute approximate surface area is 238 Å². The van der Waals surface area contributed by atoms with Crippen molar-refractivity contribution < 1.29 is 65.3 Å². The fourth-order valence-corrected chi connectivity index (χ4v) is 4.55. The first kappa shape index (κ1) is 33.3. The Morgan fingerprint density at radius 2 is 1.67 bits per heavy atom.